The Hall–Kier alpha value is -2.61. The molecule has 1 atom stereocenters. The number of rotatable bonds is 6. The molecule has 33 heavy (non-hydrogen) atoms. The van der Waals surface area contributed by atoms with Gasteiger partial charge in [0.25, 0.3) is 0 Å². The Kier molecular flexibility index (Phi) is 8.35. The molecule has 0 spiro atoms. The van der Waals surface area contributed by atoms with Crippen molar-refractivity contribution in [2.24, 2.45) is 0 Å². The fraction of sp³-hybridized carbons (Fsp3) is 0.640. The molecule has 0 aromatic heterocycles. The summed E-state index contributed by atoms with van der Waals surface area (Å²) in [4.78, 5) is 42.8. The van der Waals surface area contributed by atoms with E-state index in [-0.39, 0.29) is 30.4 Å². The number of fused-ring (bicyclic) bond motifs is 1. The Labute approximate surface area is 197 Å². The van der Waals surface area contributed by atoms with Gasteiger partial charge >= 0.3 is 6.09 Å². The first kappa shape index (κ1) is 25.0. The van der Waals surface area contributed by atoms with E-state index in [1.165, 1.54) is 5.56 Å². The van der Waals surface area contributed by atoms with Gasteiger partial charge in [-0.2, -0.15) is 0 Å². The molecule has 1 aromatic carbocycles. The van der Waals surface area contributed by atoms with Crippen LogP contribution in [0.4, 0.5) is 4.79 Å². The van der Waals surface area contributed by atoms with Gasteiger partial charge < -0.3 is 19.9 Å². The molecule has 0 radical (unpaired) electrons. The van der Waals surface area contributed by atoms with E-state index in [1.54, 1.807) is 11.8 Å². The largest absolute Gasteiger partial charge is 0.444 e. The highest BCUT2D eigenvalue weighted by Crippen LogP contribution is 2.32. The summed E-state index contributed by atoms with van der Waals surface area (Å²) in [6.07, 6.45) is 1.70. The van der Waals surface area contributed by atoms with E-state index < -0.39 is 5.60 Å². The highest BCUT2D eigenvalue weighted by atomic mass is 16.6. The average Bonchev–Trinajstić information content (AvgIpc) is 2.76. The summed E-state index contributed by atoms with van der Waals surface area (Å²) in [5.41, 5.74) is 1.82. The minimum atomic E-state index is -0.479. The van der Waals surface area contributed by atoms with E-state index >= 15 is 0 Å². The first-order chi connectivity index (χ1) is 15.6. The SMILES string of the molecule is CC(=O)N1CCc2ccccc2C1CC(=O)NCCCN1CCN(C(=O)OC(C)(C)C)CC1. The van der Waals surface area contributed by atoms with Crippen molar-refractivity contribution >= 4 is 17.9 Å². The Morgan fingerprint density at radius 1 is 1.06 bits per heavy atom. The second-order valence-corrected chi connectivity index (χ2v) is 9.89. The van der Waals surface area contributed by atoms with Gasteiger partial charge in [0.05, 0.1) is 12.5 Å². The molecule has 182 valence electrons. The van der Waals surface area contributed by atoms with Gasteiger partial charge in [-0.25, -0.2) is 4.79 Å². The number of amides is 3. The van der Waals surface area contributed by atoms with Crippen molar-refractivity contribution in [3.05, 3.63) is 35.4 Å². The van der Waals surface area contributed by atoms with Gasteiger partial charge in [0.15, 0.2) is 0 Å². The predicted molar refractivity (Wildman–Crippen MR) is 127 cm³/mol. The highest BCUT2D eigenvalue weighted by Gasteiger charge is 2.30. The summed E-state index contributed by atoms with van der Waals surface area (Å²) in [6.45, 7) is 12.2. The van der Waals surface area contributed by atoms with Crippen molar-refractivity contribution in [3.8, 4) is 0 Å². The molecule has 3 rings (SSSR count). The maximum absolute atomic E-state index is 12.7. The van der Waals surface area contributed by atoms with Crippen molar-refractivity contribution in [1.82, 2.24) is 20.0 Å². The summed E-state index contributed by atoms with van der Waals surface area (Å²) in [5.74, 6) is -0.0227. The van der Waals surface area contributed by atoms with Crippen LogP contribution in [0.1, 0.15) is 57.7 Å². The van der Waals surface area contributed by atoms with Crippen molar-refractivity contribution < 1.29 is 19.1 Å². The van der Waals surface area contributed by atoms with Crippen LogP contribution in [0.25, 0.3) is 0 Å². The summed E-state index contributed by atoms with van der Waals surface area (Å²) in [5, 5.41) is 3.02. The van der Waals surface area contributed by atoms with Crippen LogP contribution in [0.3, 0.4) is 0 Å². The van der Waals surface area contributed by atoms with E-state index in [0.717, 1.165) is 38.0 Å². The molecule has 8 nitrogen and oxygen atoms in total. The average molecular weight is 459 g/mol. The first-order valence-electron chi connectivity index (χ1n) is 12.0. The van der Waals surface area contributed by atoms with Crippen LogP contribution >= 0.6 is 0 Å². The predicted octanol–water partition coefficient (Wildman–Crippen LogP) is 2.58. The summed E-state index contributed by atoms with van der Waals surface area (Å²) in [6, 6.07) is 7.88. The Morgan fingerprint density at radius 3 is 2.42 bits per heavy atom. The quantitative estimate of drug-likeness (QED) is 0.663. The molecular formula is C25H38N4O4. The summed E-state index contributed by atoms with van der Waals surface area (Å²) < 4.78 is 5.44. The molecular weight excluding hydrogens is 420 g/mol. The zero-order valence-electron chi connectivity index (χ0n) is 20.4. The highest BCUT2D eigenvalue weighted by molar-refractivity contribution is 5.79. The molecule has 1 unspecified atom stereocenters. The minimum absolute atomic E-state index is 0.00725. The molecule has 2 heterocycles. The zero-order valence-corrected chi connectivity index (χ0v) is 20.4. The Bertz CT molecular complexity index is 843. The number of hydrogen-bond donors (Lipinski definition) is 1. The molecule has 2 aliphatic rings. The first-order valence-corrected chi connectivity index (χ1v) is 12.0. The summed E-state index contributed by atoms with van der Waals surface area (Å²) in [7, 11) is 0. The molecule has 3 amide bonds. The van der Waals surface area contributed by atoms with Crippen LogP contribution in [0.5, 0.6) is 0 Å². The van der Waals surface area contributed by atoms with E-state index in [4.69, 9.17) is 4.74 Å². The number of nitrogens with one attached hydrogen (secondary N) is 1. The third kappa shape index (κ3) is 7.19. The van der Waals surface area contributed by atoms with E-state index in [0.29, 0.717) is 26.2 Å². The summed E-state index contributed by atoms with van der Waals surface area (Å²) >= 11 is 0. The van der Waals surface area contributed by atoms with Crippen LogP contribution < -0.4 is 5.32 Å². The molecule has 0 aliphatic carbocycles. The van der Waals surface area contributed by atoms with Gasteiger partial charge in [-0.1, -0.05) is 24.3 Å². The van der Waals surface area contributed by atoms with E-state index in [1.807, 2.05) is 43.9 Å². The Morgan fingerprint density at radius 2 is 1.76 bits per heavy atom. The molecule has 1 aromatic rings. The lowest BCUT2D eigenvalue weighted by Gasteiger charge is -2.36. The molecule has 2 aliphatic heterocycles. The van der Waals surface area contributed by atoms with Crippen molar-refractivity contribution in [2.45, 2.75) is 58.6 Å². The molecule has 1 saturated heterocycles. The third-order valence-corrected chi connectivity index (χ3v) is 6.19. The second kappa shape index (κ2) is 11.0. The second-order valence-electron chi connectivity index (χ2n) is 9.89. The lowest BCUT2D eigenvalue weighted by Crippen LogP contribution is -2.50. The van der Waals surface area contributed by atoms with Crippen LogP contribution in [0.2, 0.25) is 0 Å². The van der Waals surface area contributed by atoms with Gasteiger partial charge in [-0.15, -0.1) is 0 Å². The van der Waals surface area contributed by atoms with E-state index in [2.05, 4.69) is 16.3 Å². The molecule has 0 saturated carbocycles. The normalized spacial score (nSPS) is 19.1. The van der Waals surface area contributed by atoms with Crippen LogP contribution in [-0.2, 0) is 20.7 Å². The Balaban J connectivity index is 1.39. The van der Waals surface area contributed by atoms with Crippen LogP contribution in [-0.4, -0.2) is 84.0 Å². The van der Waals surface area contributed by atoms with Gasteiger partial charge in [0, 0.05) is 46.2 Å². The number of piperazine rings is 1. The molecule has 0 bridgehead atoms. The number of carbonyl (C=O) groups excluding carboxylic acids is 3. The van der Waals surface area contributed by atoms with Gasteiger partial charge in [-0.05, 0) is 51.3 Å². The maximum Gasteiger partial charge on any atom is 0.410 e. The number of benzene rings is 1. The van der Waals surface area contributed by atoms with Crippen molar-refractivity contribution in [3.63, 3.8) is 0 Å². The fourth-order valence-corrected chi connectivity index (χ4v) is 4.51. The van der Waals surface area contributed by atoms with E-state index in [9.17, 15) is 14.4 Å². The van der Waals surface area contributed by atoms with Crippen LogP contribution in [0.15, 0.2) is 24.3 Å². The smallest absolute Gasteiger partial charge is 0.410 e. The lowest BCUT2D eigenvalue weighted by atomic mass is 9.90. The van der Waals surface area contributed by atoms with Crippen molar-refractivity contribution in [2.75, 3.05) is 45.8 Å². The van der Waals surface area contributed by atoms with Gasteiger partial charge in [0.1, 0.15) is 5.60 Å². The topological polar surface area (TPSA) is 82.2 Å². The van der Waals surface area contributed by atoms with Gasteiger partial charge in [-0.3, -0.25) is 14.5 Å². The van der Waals surface area contributed by atoms with Gasteiger partial charge in [0.2, 0.25) is 11.8 Å². The number of nitrogens with zero attached hydrogens (tertiary/aromatic N) is 3. The molecule has 8 heteroatoms. The number of ether oxygens (including phenoxy) is 1. The number of hydrogen-bond acceptors (Lipinski definition) is 5. The van der Waals surface area contributed by atoms with Crippen LogP contribution in [0, 0.1) is 0 Å². The monoisotopic (exact) mass is 458 g/mol. The zero-order chi connectivity index (χ0) is 24.0. The third-order valence-electron chi connectivity index (χ3n) is 6.19. The molecule has 1 fully saturated rings. The standard InChI is InChI=1S/C25H38N4O4/c1-19(30)29-13-10-20-8-5-6-9-21(20)22(29)18-23(31)26-11-7-12-27-14-16-28(17-15-27)24(32)33-25(2,3)4/h5-6,8-9,22H,7,10-18H2,1-4H3,(H,26,31). The fourth-order valence-electron chi connectivity index (χ4n) is 4.51. The minimum Gasteiger partial charge on any atom is -0.444 e. The maximum atomic E-state index is 12.7. The lowest BCUT2D eigenvalue weighted by molar-refractivity contribution is -0.133. The molecule has 1 N–H and O–H groups in total. The number of carbonyl (C=O) groups is 3. The van der Waals surface area contributed by atoms with Crippen molar-refractivity contribution in [1.29, 1.82) is 0 Å².